The van der Waals surface area contributed by atoms with Crippen LogP contribution in [0.2, 0.25) is 12.6 Å². The highest BCUT2D eigenvalue weighted by Crippen LogP contribution is 2.15. The molecule has 0 saturated carbocycles. The minimum atomic E-state index is -4.07. The van der Waals surface area contributed by atoms with Crippen molar-refractivity contribution < 1.29 is 17.7 Å². The van der Waals surface area contributed by atoms with Gasteiger partial charge in [0, 0.05) is 12.5 Å². The van der Waals surface area contributed by atoms with Crippen molar-refractivity contribution in [1.29, 1.82) is 0 Å². The van der Waals surface area contributed by atoms with Crippen molar-refractivity contribution in [2.24, 2.45) is 0 Å². The average molecular weight is 210 g/mol. The molecule has 0 aromatic carbocycles. The maximum atomic E-state index is 12.4. The van der Waals surface area contributed by atoms with Crippen molar-refractivity contribution in [3.05, 3.63) is 0 Å². The number of halogens is 2. The lowest BCUT2D eigenvalue weighted by molar-refractivity contribution is -0.143. The van der Waals surface area contributed by atoms with Gasteiger partial charge in [0.2, 0.25) is 0 Å². The van der Waals surface area contributed by atoms with E-state index in [2.05, 4.69) is 0 Å². The smallest absolute Gasteiger partial charge is 0.422 e. The van der Waals surface area contributed by atoms with Crippen LogP contribution >= 0.6 is 0 Å². The summed E-state index contributed by atoms with van der Waals surface area (Å²) >= 11 is 0. The fraction of sp³-hybridized carbons (Fsp3) is 0.875. The summed E-state index contributed by atoms with van der Waals surface area (Å²) in [5.74, 6) is -0.498. The summed E-state index contributed by atoms with van der Waals surface area (Å²) in [7, 11) is -4.07. The van der Waals surface area contributed by atoms with Crippen LogP contribution in [0.4, 0.5) is 8.22 Å². The summed E-state index contributed by atoms with van der Waals surface area (Å²) in [4.78, 5) is 10.8. The van der Waals surface area contributed by atoms with Crippen molar-refractivity contribution in [2.45, 2.75) is 38.8 Å². The number of esters is 1. The molecule has 78 valence electrons. The fourth-order valence-electron chi connectivity index (χ4n) is 0.724. The van der Waals surface area contributed by atoms with Gasteiger partial charge >= 0.3 is 14.7 Å². The molecule has 0 bridgehead atoms. The number of unbranched alkanes of at least 4 members (excludes halogenated alkanes) is 1. The van der Waals surface area contributed by atoms with Gasteiger partial charge in [-0.2, -0.15) is 0 Å². The molecule has 0 atom stereocenters. The zero-order valence-corrected chi connectivity index (χ0v) is 9.11. The van der Waals surface area contributed by atoms with E-state index >= 15 is 0 Å². The van der Waals surface area contributed by atoms with E-state index in [0.29, 0.717) is 6.61 Å². The molecular formula is C8H16F2O2Si. The van der Waals surface area contributed by atoms with Gasteiger partial charge in [0.1, 0.15) is 0 Å². The molecule has 13 heavy (non-hydrogen) atoms. The van der Waals surface area contributed by atoms with Crippen LogP contribution in [0.15, 0.2) is 0 Å². The number of rotatable bonds is 6. The Morgan fingerprint density at radius 2 is 2.08 bits per heavy atom. The summed E-state index contributed by atoms with van der Waals surface area (Å²) in [6, 6.07) is -0.294. The van der Waals surface area contributed by atoms with E-state index in [1.54, 1.807) is 0 Å². The third-order valence-electron chi connectivity index (χ3n) is 1.53. The molecular weight excluding hydrogens is 194 g/mol. The molecule has 0 spiro atoms. The van der Waals surface area contributed by atoms with Crippen molar-refractivity contribution in [3.8, 4) is 0 Å². The maximum absolute atomic E-state index is 12.4. The van der Waals surface area contributed by atoms with Gasteiger partial charge in [-0.05, 0) is 13.0 Å². The maximum Gasteiger partial charge on any atom is 0.422 e. The normalized spacial score (nSPS) is 11.4. The lowest BCUT2D eigenvalue weighted by atomic mass is 10.4. The zero-order chi connectivity index (χ0) is 10.3. The van der Waals surface area contributed by atoms with Gasteiger partial charge in [-0.15, -0.1) is 0 Å². The Labute approximate surface area is 78.6 Å². The van der Waals surface area contributed by atoms with Crippen LogP contribution < -0.4 is 0 Å². The van der Waals surface area contributed by atoms with Gasteiger partial charge < -0.3 is 4.74 Å². The molecule has 0 heterocycles. The predicted octanol–water partition coefficient (Wildman–Crippen LogP) is 2.73. The summed E-state index contributed by atoms with van der Waals surface area (Å²) in [5.41, 5.74) is 0. The van der Waals surface area contributed by atoms with E-state index in [0.717, 1.165) is 19.4 Å². The van der Waals surface area contributed by atoms with Crippen LogP contribution in [-0.2, 0) is 9.53 Å². The summed E-state index contributed by atoms with van der Waals surface area (Å²) in [6.45, 7) is 3.26. The van der Waals surface area contributed by atoms with Gasteiger partial charge in [-0.3, -0.25) is 13.0 Å². The summed E-state index contributed by atoms with van der Waals surface area (Å²) in [5, 5.41) is 0. The van der Waals surface area contributed by atoms with E-state index in [4.69, 9.17) is 4.74 Å². The number of hydrogen-bond acceptors (Lipinski definition) is 2. The highest BCUT2D eigenvalue weighted by atomic mass is 28.4. The van der Waals surface area contributed by atoms with Crippen LogP contribution in [0.1, 0.15) is 26.2 Å². The zero-order valence-electron chi connectivity index (χ0n) is 8.11. The molecule has 0 N–H and O–H groups in total. The van der Waals surface area contributed by atoms with Crippen LogP contribution in [0.5, 0.6) is 0 Å². The highest BCUT2D eigenvalue weighted by molar-refractivity contribution is 6.64. The first-order valence-corrected chi connectivity index (χ1v) is 6.95. The largest absolute Gasteiger partial charge is 0.466 e. The Balaban J connectivity index is 3.41. The fourth-order valence-corrected chi connectivity index (χ4v) is 1.37. The minimum absolute atomic E-state index is 0.139. The van der Waals surface area contributed by atoms with Gasteiger partial charge in [0.05, 0.1) is 6.61 Å². The first-order valence-electron chi connectivity index (χ1n) is 4.49. The highest BCUT2D eigenvalue weighted by Gasteiger charge is 2.28. The lowest BCUT2D eigenvalue weighted by Crippen LogP contribution is -2.18. The Bertz CT molecular complexity index is 157. The molecule has 0 saturated heterocycles. The molecule has 0 aromatic heterocycles. The summed E-state index contributed by atoms with van der Waals surface area (Å²) < 4.78 is 29.5. The van der Waals surface area contributed by atoms with E-state index in [-0.39, 0.29) is 12.5 Å². The molecule has 0 aliphatic heterocycles. The van der Waals surface area contributed by atoms with E-state index in [9.17, 15) is 13.0 Å². The predicted molar refractivity (Wildman–Crippen MR) is 49.1 cm³/mol. The second-order valence-electron chi connectivity index (χ2n) is 3.14. The molecule has 0 fully saturated rings. The molecule has 0 unspecified atom stereocenters. The van der Waals surface area contributed by atoms with Crippen molar-refractivity contribution in [1.82, 2.24) is 0 Å². The van der Waals surface area contributed by atoms with Gasteiger partial charge in [0.15, 0.2) is 0 Å². The molecule has 5 heteroatoms. The minimum Gasteiger partial charge on any atom is -0.466 e. The quantitative estimate of drug-likeness (QED) is 0.291. The van der Waals surface area contributed by atoms with Crippen molar-refractivity contribution in [3.63, 3.8) is 0 Å². The number of hydrogen-bond donors (Lipinski definition) is 0. The standard InChI is InChI=1S/C8H16F2O2Si/c1-3-4-6-12-8(11)5-7-13(2,9)10/h3-7H2,1-2H3. The number of carbonyl (C=O) groups excluding carboxylic acids is 1. The van der Waals surface area contributed by atoms with Crippen molar-refractivity contribution >= 4 is 14.7 Å². The topological polar surface area (TPSA) is 26.3 Å². The van der Waals surface area contributed by atoms with Gasteiger partial charge in [0.25, 0.3) is 0 Å². The van der Waals surface area contributed by atoms with Crippen LogP contribution in [0.3, 0.4) is 0 Å². The Kier molecular flexibility index (Phi) is 5.86. The Morgan fingerprint density at radius 3 is 2.54 bits per heavy atom. The second-order valence-corrected chi connectivity index (χ2v) is 5.78. The third-order valence-corrected chi connectivity index (χ3v) is 2.66. The third kappa shape index (κ3) is 9.46. The average Bonchev–Trinajstić information content (AvgIpc) is 2.00. The number of ether oxygens (including phenoxy) is 1. The Hall–Kier alpha value is -0.453. The van der Waals surface area contributed by atoms with Gasteiger partial charge in [-0.25, -0.2) is 0 Å². The molecule has 0 aliphatic rings. The molecule has 0 aliphatic carbocycles. The second kappa shape index (κ2) is 6.07. The molecule has 0 aromatic rings. The monoisotopic (exact) mass is 210 g/mol. The summed E-state index contributed by atoms with van der Waals surface area (Å²) in [6.07, 6.45) is 1.59. The molecule has 0 radical (unpaired) electrons. The lowest BCUT2D eigenvalue weighted by Gasteiger charge is -2.06. The van der Waals surface area contributed by atoms with Crippen LogP contribution in [-0.4, -0.2) is 21.3 Å². The van der Waals surface area contributed by atoms with Gasteiger partial charge in [-0.1, -0.05) is 13.3 Å². The van der Waals surface area contributed by atoms with Crippen molar-refractivity contribution in [2.75, 3.05) is 6.61 Å². The van der Waals surface area contributed by atoms with Crippen LogP contribution in [0.25, 0.3) is 0 Å². The first-order chi connectivity index (χ1) is 5.95. The van der Waals surface area contributed by atoms with Crippen LogP contribution in [0, 0.1) is 0 Å². The van der Waals surface area contributed by atoms with E-state index in [1.807, 2.05) is 6.92 Å². The molecule has 2 nitrogen and oxygen atoms in total. The molecule has 0 amide bonds. The first kappa shape index (κ1) is 12.5. The SMILES string of the molecule is CCCCOC(=O)CC[Si](C)(F)F. The van der Waals surface area contributed by atoms with E-state index < -0.39 is 14.7 Å². The molecule has 0 rings (SSSR count). The number of carbonyl (C=O) groups is 1. The van der Waals surface area contributed by atoms with E-state index in [1.165, 1.54) is 0 Å². The Morgan fingerprint density at radius 1 is 1.46 bits per heavy atom.